The fourth-order valence-electron chi connectivity index (χ4n) is 24.3. The highest BCUT2D eigenvalue weighted by molar-refractivity contribution is 6.19. The zero-order chi connectivity index (χ0) is 65.8. The lowest BCUT2D eigenvalue weighted by molar-refractivity contribution is -0.0399. The SMILES string of the molecule is c1ccc(-c2cccc(-n3c4ccccc4c4c(-c5cccc6c5-c5ccccc5C65C6CC7CC(C6)CC5C7)cccc43)c2)cc1.c1ccc(-n2c3ccccc3c3ccc(-n4c5ccccc5c5c(-c6cccc7c6-c6ccccc6C76C7CC8CC(C7)CC6C8)cccc54)cc32)cc1. The van der Waals surface area contributed by atoms with Gasteiger partial charge in [-0.3, -0.25) is 0 Å². The summed E-state index contributed by atoms with van der Waals surface area (Å²) in [7, 11) is 0. The molecule has 8 saturated carbocycles. The largest absolute Gasteiger partial charge is 0.309 e. The topological polar surface area (TPSA) is 14.8 Å². The van der Waals surface area contributed by atoms with E-state index in [1.54, 1.807) is 22.3 Å². The van der Waals surface area contributed by atoms with Gasteiger partial charge in [0.15, 0.2) is 0 Å². The predicted octanol–water partition coefficient (Wildman–Crippen LogP) is 25.1. The van der Waals surface area contributed by atoms with E-state index in [9.17, 15) is 0 Å². The van der Waals surface area contributed by atoms with Crippen molar-refractivity contribution in [1.29, 1.82) is 0 Å². The van der Waals surface area contributed by atoms with Gasteiger partial charge < -0.3 is 13.7 Å². The monoisotopic (exact) mass is 1300 g/mol. The van der Waals surface area contributed by atoms with E-state index in [1.165, 1.54) is 202 Å². The van der Waals surface area contributed by atoms with Crippen LogP contribution in [0.2, 0.25) is 0 Å². The minimum Gasteiger partial charge on any atom is -0.309 e. The first-order valence-electron chi connectivity index (χ1n) is 37.8. The van der Waals surface area contributed by atoms with Crippen molar-refractivity contribution in [2.75, 3.05) is 0 Å². The lowest BCUT2D eigenvalue weighted by atomic mass is 9.43. The summed E-state index contributed by atoms with van der Waals surface area (Å²) >= 11 is 0. The van der Waals surface area contributed by atoms with Crippen LogP contribution in [0.5, 0.6) is 0 Å². The van der Waals surface area contributed by atoms with Crippen LogP contribution >= 0.6 is 0 Å². The van der Waals surface area contributed by atoms with E-state index in [0.717, 1.165) is 47.3 Å². The van der Waals surface area contributed by atoms with Gasteiger partial charge in [-0.05, 0) is 256 Å². The average molecular weight is 1300 g/mol. The van der Waals surface area contributed by atoms with Gasteiger partial charge >= 0.3 is 0 Å². The molecule has 16 aromatic rings. The van der Waals surface area contributed by atoms with Gasteiger partial charge in [0.1, 0.15) is 0 Å². The van der Waals surface area contributed by atoms with E-state index < -0.39 is 0 Å². The molecule has 0 unspecified atom stereocenters. The second-order valence-corrected chi connectivity index (χ2v) is 31.8. The summed E-state index contributed by atoms with van der Waals surface area (Å²) in [5, 5.41) is 7.87. The van der Waals surface area contributed by atoms with Gasteiger partial charge in [0, 0.05) is 60.2 Å². The molecule has 10 aliphatic rings. The molecule has 101 heavy (non-hydrogen) atoms. The van der Waals surface area contributed by atoms with E-state index >= 15 is 0 Å². The third-order valence-electron chi connectivity index (χ3n) is 27.3. The van der Waals surface area contributed by atoms with Gasteiger partial charge in [0.25, 0.3) is 0 Å². The fraction of sp³-hybridized carbons (Fsp3) is 0.204. The van der Waals surface area contributed by atoms with Crippen molar-refractivity contribution in [3.63, 3.8) is 0 Å². The number of nitrogens with zero attached hydrogens (tertiary/aromatic N) is 3. The van der Waals surface area contributed by atoms with Crippen LogP contribution < -0.4 is 0 Å². The van der Waals surface area contributed by atoms with Crippen LogP contribution in [0.3, 0.4) is 0 Å². The van der Waals surface area contributed by atoms with Crippen molar-refractivity contribution >= 4 is 65.4 Å². The Bertz CT molecular complexity index is 6070. The zero-order valence-corrected chi connectivity index (χ0v) is 56.8. The maximum atomic E-state index is 2.53. The number of para-hydroxylation sites is 4. The van der Waals surface area contributed by atoms with E-state index in [0.29, 0.717) is 0 Å². The highest BCUT2D eigenvalue weighted by Crippen LogP contribution is 2.72. The van der Waals surface area contributed by atoms with Gasteiger partial charge in [-0.2, -0.15) is 0 Å². The predicted molar refractivity (Wildman–Crippen MR) is 419 cm³/mol. The molecule has 8 bridgehead atoms. The maximum Gasteiger partial charge on any atom is 0.0561 e. The van der Waals surface area contributed by atoms with E-state index in [-0.39, 0.29) is 10.8 Å². The van der Waals surface area contributed by atoms with Crippen LogP contribution in [-0.4, -0.2) is 13.7 Å². The number of rotatable bonds is 6. The Balaban J connectivity index is 0.000000126. The first-order chi connectivity index (χ1) is 50.1. The van der Waals surface area contributed by atoms with Crippen molar-refractivity contribution in [3.8, 4) is 72.7 Å². The van der Waals surface area contributed by atoms with Crippen molar-refractivity contribution in [2.24, 2.45) is 47.3 Å². The number of fused-ring (bicyclic) bond motifs is 15. The standard InChI is InChI=1S/C52H40N2.C46H37N/c1-2-12-36(13-3-1)53-46-21-8-5-14-38(46)39-25-24-37(31-49(39)53)54-47-22-9-6-16-43(47)51-41(18-11-23-48(51)54)40-17-10-20-45-50(40)42-15-4-7-19-44(42)52(45)34-27-32-26-33(29-34)30-35(52)28-32;1-2-11-31(12-3-1)32-13-8-14-35(28-32)47-42-21-7-5-16-39(42)45-37(18-10-22-43(45)47)36-17-9-20-41-44(36)38-15-4-6-19-40(38)46(41)33-24-29-23-30(26-33)27-34(46)25-29/h1-25,31-35H,26-30H2;1-22,28-30,33-34H,23-27H2. The van der Waals surface area contributed by atoms with Crippen molar-refractivity contribution in [3.05, 3.63) is 320 Å². The van der Waals surface area contributed by atoms with E-state index in [2.05, 4.69) is 311 Å². The molecule has 3 aromatic heterocycles. The molecule has 13 aromatic carbocycles. The van der Waals surface area contributed by atoms with Crippen LogP contribution in [0.4, 0.5) is 0 Å². The molecule has 8 fully saturated rings. The summed E-state index contributed by atoms with van der Waals surface area (Å²) in [4.78, 5) is 0. The molecule has 10 aliphatic carbocycles. The van der Waals surface area contributed by atoms with Gasteiger partial charge in [-0.25, -0.2) is 0 Å². The quantitative estimate of drug-likeness (QED) is 0.158. The molecule has 3 nitrogen and oxygen atoms in total. The van der Waals surface area contributed by atoms with Gasteiger partial charge in [-0.1, -0.05) is 231 Å². The highest BCUT2D eigenvalue weighted by Gasteiger charge is 2.63. The van der Waals surface area contributed by atoms with Crippen LogP contribution in [0, 0.1) is 47.3 Å². The number of benzene rings is 13. The Labute approximate surface area is 590 Å². The molecule has 0 saturated heterocycles. The number of hydrogen-bond donors (Lipinski definition) is 0. The van der Waals surface area contributed by atoms with Crippen LogP contribution in [0.25, 0.3) is 138 Å². The van der Waals surface area contributed by atoms with Crippen molar-refractivity contribution < 1.29 is 0 Å². The Kier molecular flexibility index (Phi) is 12.1. The number of aromatic nitrogens is 3. The zero-order valence-electron chi connectivity index (χ0n) is 56.8. The van der Waals surface area contributed by atoms with Crippen LogP contribution in [0.1, 0.15) is 86.5 Å². The van der Waals surface area contributed by atoms with Gasteiger partial charge in [0.2, 0.25) is 0 Å². The highest BCUT2D eigenvalue weighted by atomic mass is 15.0. The Morgan fingerprint density at radius 1 is 0.218 bits per heavy atom. The molecule has 0 radical (unpaired) electrons. The molecule has 0 aliphatic heterocycles. The van der Waals surface area contributed by atoms with Gasteiger partial charge in [0.05, 0.1) is 33.1 Å². The third kappa shape index (κ3) is 7.80. The number of hydrogen-bond acceptors (Lipinski definition) is 0. The lowest BCUT2D eigenvalue weighted by Gasteiger charge is -2.61. The van der Waals surface area contributed by atoms with Crippen LogP contribution in [0.15, 0.2) is 297 Å². The minimum atomic E-state index is 0.157. The summed E-state index contributed by atoms with van der Waals surface area (Å²) in [6, 6.07) is 112. The lowest BCUT2D eigenvalue weighted by Crippen LogP contribution is -2.55. The molecule has 0 N–H and O–H groups in total. The van der Waals surface area contributed by atoms with E-state index in [4.69, 9.17) is 0 Å². The first-order valence-corrected chi connectivity index (χ1v) is 37.8. The second-order valence-electron chi connectivity index (χ2n) is 31.8. The maximum absolute atomic E-state index is 2.53. The summed E-state index contributed by atoms with van der Waals surface area (Å²) in [5.41, 5.74) is 31.8. The minimum absolute atomic E-state index is 0.157. The van der Waals surface area contributed by atoms with Gasteiger partial charge in [-0.15, -0.1) is 0 Å². The molecule has 26 rings (SSSR count). The molecule has 0 atom stereocenters. The van der Waals surface area contributed by atoms with Crippen molar-refractivity contribution in [2.45, 2.75) is 75.0 Å². The molecule has 484 valence electrons. The molecule has 2 spiro atoms. The summed E-state index contributed by atoms with van der Waals surface area (Å²) < 4.78 is 7.42. The Hall–Kier alpha value is -10.7. The Morgan fingerprint density at radius 2 is 0.564 bits per heavy atom. The van der Waals surface area contributed by atoms with E-state index in [1.807, 2.05) is 0 Å². The Morgan fingerprint density at radius 3 is 1.09 bits per heavy atom. The molecular formula is C98H77N3. The molecule has 3 heteroatoms. The van der Waals surface area contributed by atoms with Crippen LogP contribution in [-0.2, 0) is 10.8 Å². The third-order valence-corrected chi connectivity index (χ3v) is 27.3. The summed E-state index contributed by atoms with van der Waals surface area (Å²) in [6.45, 7) is 0. The second kappa shape index (κ2) is 21.4. The average Bonchev–Trinajstić information content (AvgIpc) is 1.56. The summed E-state index contributed by atoms with van der Waals surface area (Å²) in [5.74, 6) is 6.81. The van der Waals surface area contributed by atoms with Crippen molar-refractivity contribution in [1.82, 2.24) is 13.7 Å². The molecular weight excluding hydrogens is 1220 g/mol. The smallest absolute Gasteiger partial charge is 0.0561 e. The fourth-order valence-corrected chi connectivity index (χ4v) is 24.3. The first kappa shape index (κ1) is 57.1. The molecule has 0 amide bonds. The summed E-state index contributed by atoms with van der Waals surface area (Å²) in [6.07, 6.45) is 14.2. The normalized spacial score (nSPS) is 24.3. The molecule has 3 heterocycles.